The van der Waals surface area contributed by atoms with Gasteiger partial charge in [-0.2, -0.15) is 0 Å². The van der Waals surface area contributed by atoms with Crippen molar-refractivity contribution in [2.75, 3.05) is 10.6 Å². The summed E-state index contributed by atoms with van der Waals surface area (Å²) in [6.45, 7) is 0. The Labute approximate surface area is 626 Å². The van der Waals surface area contributed by atoms with Crippen molar-refractivity contribution in [3.8, 4) is 66.8 Å². The van der Waals surface area contributed by atoms with Crippen molar-refractivity contribution < 1.29 is 0 Å². The van der Waals surface area contributed by atoms with Crippen molar-refractivity contribution in [1.29, 1.82) is 0 Å². The smallest absolute Gasteiger partial charge is 0.0470 e. The maximum atomic E-state index is 3.66. The fraction of sp³-hybridized carbons (Fsp3) is 0.113. The number of benzene rings is 15. The summed E-state index contributed by atoms with van der Waals surface area (Å²) in [5, 5.41) is 12.2. The largest absolute Gasteiger partial charge is 0.355 e. The molecule has 2 fully saturated rings. The van der Waals surface area contributed by atoms with E-state index in [1.165, 1.54) is 155 Å². The predicted octanol–water partition coefficient (Wildman–Crippen LogP) is 29.3. The highest BCUT2D eigenvalue weighted by atomic mass is 79.9. The van der Waals surface area contributed by atoms with Gasteiger partial charge in [-0.1, -0.05) is 347 Å². The molecule has 0 radical (unpaired) electrons. The zero-order valence-corrected chi connectivity index (χ0v) is 61.8. The second-order valence-corrected chi connectivity index (χ2v) is 29.8. The van der Waals surface area contributed by atoms with E-state index in [2.05, 4.69) is 362 Å². The molecule has 2 N–H and O–H groups in total. The summed E-state index contributed by atoms with van der Waals surface area (Å²) in [5.41, 5.74) is 27.0. The number of nitrogens with one attached hydrogen (secondary N) is 2. The van der Waals surface area contributed by atoms with Crippen LogP contribution < -0.4 is 10.6 Å². The molecule has 0 heterocycles. The standard InChI is InChI=1S/C24H19N.C20H15N.C18H17Br.C18H13Br.C17H15Br/c1-4-10-19(11-5-1)21-16-22(20-12-6-2-7-13-20)18-24(17-21)25-23-14-8-3-9-15-23;1-2-9-16(10-3-1)21-20-14-15-8-4-5-11-17(15)18-12-6-7-13-19(18)20;19-13-8-9-15-14-6-2-3-7-16(14)18(17(15)12-13)10-4-1-5-11-18;19-18-11-9-15(10-12-18)17-8-4-7-16(13-17)14-5-2-1-3-6-14;18-12-7-8-14-13-5-1-2-6-15(13)17(16(14)11-12)9-3-4-10-17/h1-18,25H;1-14,21H;2-3,6-9,12H,1,4-5,10-11H2;1-13H;1-2,5-8,11H,3-4,9-10H2. The van der Waals surface area contributed by atoms with E-state index in [9.17, 15) is 0 Å². The fourth-order valence-corrected chi connectivity index (χ4v) is 17.0. The lowest BCUT2D eigenvalue weighted by Crippen LogP contribution is -2.27. The van der Waals surface area contributed by atoms with Gasteiger partial charge >= 0.3 is 0 Å². The van der Waals surface area contributed by atoms with Crippen LogP contribution in [0.1, 0.15) is 80.0 Å². The van der Waals surface area contributed by atoms with Gasteiger partial charge in [0.05, 0.1) is 0 Å². The van der Waals surface area contributed by atoms with Gasteiger partial charge in [0.1, 0.15) is 0 Å². The van der Waals surface area contributed by atoms with E-state index in [1.807, 2.05) is 54.6 Å². The van der Waals surface area contributed by atoms with Crippen molar-refractivity contribution in [1.82, 2.24) is 0 Å². The second-order valence-electron chi connectivity index (χ2n) is 27.1. The van der Waals surface area contributed by atoms with Gasteiger partial charge in [-0.25, -0.2) is 0 Å². The molecule has 15 aromatic carbocycles. The first-order chi connectivity index (χ1) is 50.2. The minimum atomic E-state index is 0.300. The summed E-state index contributed by atoms with van der Waals surface area (Å²) in [7, 11) is 0. The first-order valence-corrected chi connectivity index (χ1v) is 38.2. The molecule has 5 heteroatoms. The summed E-state index contributed by atoms with van der Waals surface area (Å²) in [6, 6.07) is 127. The molecule has 0 unspecified atom stereocenters. The quantitative estimate of drug-likeness (QED) is 0.148. The first kappa shape index (κ1) is 67.7. The van der Waals surface area contributed by atoms with Crippen LogP contribution in [-0.2, 0) is 10.8 Å². The molecule has 4 aliphatic rings. The summed E-state index contributed by atoms with van der Waals surface area (Å²) in [4.78, 5) is 0. The molecular weight excluding hydrogens is 1430 g/mol. The average molecular weight is 1510 g/mol. The predicted molar refractivity (Wildman–Crippen MR) is 446 cm³/mol. The monoisotopic (exact) mass is 1510 g/mol. The Morgan fingerprint density at radius 2 is 0.578 bits per heavy atom. The van der Waals surface area contributed by atoms with Gasteiger partial charge in [0, 0.05) is 52.4 Å². The third kappa shape index (κ3) is 14.8. The number of halogens is 3. The zero-order valence-electron chi connectivity index (χ0n) is 57.1. The van der Waals surface area contributed by atoms with Gasteiger partial charge in [-0.15, -0.1) is 0 Å². The Morgan fingerprint density at radius 3 is 1.09 bits per heavy atom. The molecular formula is C97H79Br3N2. The molecule has 19 rings (SSSR count). The van der Waals surface area contributed by atoms with Gasteiger partial charge < -0.3 is 10.6 Å². The molecule has 102 heavy (non-hydrogen) atoms. The summed E-state index contributed by atoms with van der Waals surface area (Å²) < 4.78 is 3.53. The summed E-state index contributed by atoms with van der Waals surface area (Å²) in [5.74, 6) is 0. The summed E-state index contributed by atoms with van der Waals surface area (Å²) in [6.07, 6.45) is 12.1. The number of para-hydroxylation sites is 2. The van der Waals surface area contributed by atoms with Crippen LogP contribution in [-0.4, -0.2) is 0 Å². The van der Waals surface area contributed by atoms with Crippen molar-refractivity contribution in [3.63, 3.8) is 0 Å². The number of fused-ring (bicyclic) bond motifs is 13. The maximum Gasteiger partial charge on any atom is 0.0470 e. The zero-order chi connectivity index (χ0) is 69.1. The van der Waals surface area contributed by atoms with Gasteiger partial charge in [-0.3, -0.25) is 0 Å². The van der Waals surface area contributed by atoms with Gasteiger partial charge in [0.2, 0.25) is 0 Å². The van der Waals surface area contributed by atoms with Crippen LogP contribution in [0.25, 0.3) is 88.3 Å². The third-order valence-electron chi connectivity index (χ3n) is 20.8. The topological polar surface area (TPSA) is 24.1 Å². The third-order valence-corrected chi connectivity index (χ3v) is 22.3. The van der Waals surface area contributed by atoms with Crippen molar-refractivity contribution >= 4 is 92.1 Å². The molecule has 0 saturated heterocycles. The Bertz CT molecular complexity index is 5280. The number of rotatable bonds is 8. The number of hydrogen-bond acceptors (Lipinski definition) is 2. The minimum absolute atomic E-state index is 0.300. The number of anilines is 4. The van der Waals surface area contributed by atoms with E-state index in [0.717, 1.165) is 27.2 Å². The van der Waals surface area contributed by atoms with E-state index >= 15 is 0 Å². The molecule has 15 aromatic rings. The molecule has 2 spiro atoms. The number of hydrogen-bond donors (Lipinski definition) is 2. The van der Waals surface area contributed by atoms with Crippen LogP contribution in [0.3, 0.4) is 0 Å². The molecule has 0 bridgehead atoms. The highest BCUT2D eigenvalue weighted by Crippen LogP contribution is 2.58. The first-order valence-electron chi connectivity index (χ1n) is 35.8. The van der Waals surface area contributed by atoms with Crippen LogP contribution in [0, 0.1) is 0 Å². The van der Waals surface area contributed by atoms with E-state index in [0.29, 0.717) is 10.8 Å². The Hall–Kier alpha value is -10.1. The van der Waals surface area contributed by atoms with Crippen LogP contribution in [0.4, 0.5) is 22.7 Å². The SMILES string of the molecule is Brc1ccc(-c2cccc(-c3ccccc3)c2)cc1.Brc1ccc2c(c1)C1(CCCC1)c1ccccc1-2.Brc1ccc2c(c1)C1(CCCCC1)c1ccccc1-2.c1ccc(Nc2cc(-c3ccccc3)cc(-c3ccccc3)c2)cc1.c1ccc(Nc2cc3ccccc3c3ccccc23)cc1. The molecule has 498 valence electrons. The van der Waals surface area contributed by atoms with E-state index in [-0.39, 0.29) is 0 Å². The van der Waals surface area contributed by atoms with Crippen LogP contribution >= 0.6 is 47.8 Å². The highest BCUT2D eigenvalue weighted by molar-refractivity contribution is 9.11. The van der Waals surface area contributed by atoms with E-state index < -0.39 is 0 Å². The van der Waals surface area contributed by atoms with Crippen molar-refractivity contribution in [2.45, 2.75) is 68.6 Å². The second kappa shape index (κ2) is 31.4. The molecule has 2 nitrogen and oxygen atoms in total. The van der Waals surface area contributed by atoms with E-state index in [4.69, 9.17) is 0 Å². The Morgan fingerprint density at radius 1 is 0.216 bits per heavy atom. The highest BCUT2D eigenvalue weighted by Gasteiger charge is 2.45. The maximum absolute atomic E-state index is 3.66. The molecule has 0 amide bonds. The lowest BCUT2D eigenvalue weighted by Gasteiger charge is -2.36. The van der Waals surface area contributed by atoms with Crippen LogP contribution in [0.2, 0.25) is 0 Å². The van der Waals surface area contributed by atoms with Crippen molar-refractivity contribution in [3.05, 3.63) is 394 Å². The molecule has 4 aliphatic carbocycles. The lowest BCUT2D eigenvalue weighted by molar-refractivity contribution is 0.352. The minimum Gasteiger partial charge on any atom is -0.355 e. The molecule has 2 saturated carbocycles. The van der Waals surface area contributed by atoms with Gasteiger partial charge in [0.25, 0.3) is 0 Å². The average Bonchev–Trinajstić information content (AvgIpc) is 1.57. The lowest BCUT2D eigenvalue weighted by atomic mass is 9.68. The molecule has 0 atom stereocenters. The van der Waals surface area contributed by atoms with Gasteiger partial charge in [0.15, 0.2) is 0 Å². The van der Waals surface area contributed by atoms with Crippen molar-refractivity contribution in [2.24, 2.45) is 0 Å². The summed E-state index contributed by atoms with van der Waals surface area (Å²) >= 11 is 10.8. The Balaban J connectivity index is 0.000000104. The van der Waals surface area contributed by atoms with E-state index in [1.54, 1.807) is 22.3 Å². The molecule has 0 aromatic heterocycles. The normalized spacial score (nSPS) is 13.6. The van der Waals surface area contributed by atoms with Gasteiger partial charge in [-0.05, 0) is 222 Å². The van der Waals surface area contributed by atoms with Crippen LogP contribution in [0.15, 0.2) is 371 Å². The Kier molecular flexibility index (Phi) is 20.8. The van der Waals surface area contributed by atoms with Crippen LogP contribution in [0.5, 0.6) is 0 Å². The fourth-order valence-electron chi connectivity index (χ4n) is 16.0. The molecule has 0 aliphatic heterocycles.